The number of benzene rings is 2. The molecule has 0 saturated heterocycles. The largest absolute Gasteiger partial charge is 0.497 e. The third-order valence-electron chi connectivity index (χ3n) is 4.56. The number of nitrogens with two attached hydrogens (primary N) is 1. The summed E-state index contributed by atoms with van der Waals surface area (Å²) in [6.07, 6.45) is -0.388. The van der Waals surface area contributed by atoms with Gasteiger partial charge in [-0.3, -0.25) is 9.59 Å². The fraction of sp³-hybridized carbons (Fsp3) is 0.227. The molecule has 1 unspecified atom stereocenters. The normalized spacial score (nSPS) is 11.7. The van der Waals surface area contributed by atoms with Gasteiger partial charge in [-0.15, -0.1) is 11.3 Å². The summed E-state index contributed by atoms with van der Waals surface area (Å²) in [7, 11) is 3.20. The van der Waals surface area contributed by atoms with Crippen LogP contribution in [0.2, 0.25) is 0 Å². The van der Waals surface area contributed by atoms with Crippen LogP contribution in [0.4, 0.5) is 0 Å². The van der Waals surface area contributed by atoms with Gasteiger partial charge in [-0.1, -0.05) is 0 Å². The summed E-state index contributed by atoms with van der Waals surface area (Å²) in [6.45, 7) is 0. The molecule has 0 fully saturated rings. The van der Waals surface area contributed by atoms with Crippen LogP contribution in [-0.4, -0.2) is 36.1 Å². The first-order valence-corrected chi connectivity index (χ1v) is 10.0. The molecular weight excluding hydrogens is 404 g/mol. The van der Waals surface area contributed by atoms with Crippen LogP contribution in [0.1, 0.15) is 23.9 Å². The van der Waals surface area contributed by atoms with E-state index in [1.54, 1.807) is 14.2 Å². The fourth-order valence-electron chi connectivity index (χ4n) is 2.88. The number of ether oxygens (including phenoxy) is 2. The molecule has 0 bridgehead atoms. The molecule has 0 aliphatic carbocycles. The van der Waals surface area contributed by atoms with Gasteiger partial charge in [-0.05, 0) is 54.1 Å². The summed E-state index contributed by atoms with van der Waals surface area (Å²) in [5.41, 5.74) is 8.59. The Morgan fingerprint density at radius 2 is 1.50 bits per heavy atom. The van der Waals surface area contributed by atoms with Gasteiger partial charge in [-0.2, -0.15) is 0 Å². The van der Waals surface area contributed by atoms with Crippen molar-refractivity contribution in [3.05, 3.63) is 53.5 Å². The molecule has 3 rings (SSSR count). The third-order valence-corrected chi connectivity index (χ3v) is 5.75. The van der Waals surface area contributed by atoms with E-state index in [9.17, 15) is 9.59 Å². The van der Waals surface area contributed by atoms with Gasteiger partial charge in [-0.25, -0.2) is 4.98 Å². The Morgan fingerprint density at radius 3 is 2.00 bits per heavy atom. The molecule has 1 aromatic heterocycles. The SMILES string of the molecule is COc1ccc(-c2nc(C(N)C(=O)CCC(=O)O)sc2-c2ccc(OC)cc2)cc1. The summed E-state index contributed by atoms with van der Waals surface area (Å²) in [5.74, 6) is 0.0667. The zero-order valence-corrected chi connectivity index (χ0v) is 17.4. The molecule has 0 radical (unpaired) electrons. The smallest absolute Gasteiger partial charge is 0.303 e. The van der Waals surface area contributed by atoms with Crippen molar-refractivity contribution >= 4 is 23.1 Å². The van der Waals surface area contributed by atoms with Crippen LogP contribution in [-0.2, 0) is 9.59 Å². The Labute approximate surface area is 178 Å². The molecular formula is C22H22N2O5S. The second-order valence-electron chi connectivity index (χ2n) is 6.52. The van der Waals surface area contributed by atoms with E-state index in [4.69, 9.17) is 20.3 Å². The minimum Gasteiger partial charge on any atom is -0.497 e. The second kappa shape index (κ2) is 9.51. The summed E-state index contributed by atoms with van der Waals surface area (Å²) in [5, 5.41) is 9.27. The summed E-state index contributed by atoms with van der Waals surface area (Å²) in [6, 6.07) is 14.0. The van der Waals surface area contributed by atoms with Gasteiger partial charge in [0.1, 0.15) is 22.5 Å². The van der Waals surface area contributed by atoms with Gasteiger partial charge < -0.3 is 20.3 Å². The van der Waals surface area contributed by atoms with Crippen LogP contribution >= 0.6 is 11.3 Å². The average Bonchev–Trinajstić information content (AvgIpc) is 3.22. The molecule has 0 saturated carbocycles. The molecule has 1 atom stereocenters. The van der Waals surface area contributed by atoms with Crippen LogP contribution in [0.25, 0.3) is 21.7 Å². The van der Waals surface area contributed by atoms with Crippen molar-refractivity contribution in [1.82, 2.24) is 4.98 Å². The van der Waals surface area contributed by atoms with E-state index in [2.05, 4.69) is 4.98 Å². The second-order valence-corrected chi connectivity index (χ2v) is 7.56. The molecule has 7 nitrogen and oxygen atoms in total. The lowest BCUT2D eigenvalue weighted by Gasteiger charge is -2.06. The van der Waals surface area contributed by atoms with Crippen molar-refractivity contribution in [1.29, 1.82) is 0 Å². The Morgan fingerprint density at radius 1 is 0.967 bits per heavy atom. The Kier molecular flexibility index (Phi) is 6.81. The first kappa shape index (κ1) is 21.5. The van der Waals surface area contributed by atoms with Gasteiger partial charge >= 0.3 is 5.97 Å². The number of aromatic nitrogens is 1. The van der Waals surface area contributed by atoms with Crippen molar-refractivity contribution in [2.24, 2.45) is 5.73 Å². The van der Waals surface area contributed by atoms with E-state index in [0.29, 0.717) is 10.7 Å². The summed E-state index contributed by atoms with van der Waals surface area (Å²) >= 11 is 1.33. The third kappa shape index (κ3) is 4.84. The number of carbonyl (C=O) groups is 2. The monoisotopic (exact) mass is 426 g/mol. The number of carboxylic acids is 1. The molecule has 0 aliphatic rings. The molecule has 0 spiro atoms. The van der Waals surface area contributed by atoms with Crippen molar-refractivity contribution in [3.8, 4) is 33.2 Å². The number of ketones is 1. The van der Waals surface area contributed by atoms with E-state index in [-0.39, 0.29) is 18.6 Å². The number of carbonyl (C=O) groups excluding carboxylic acids is 1. The predicted molar refractivity (Wildman–Crippen MR) is 115 cm³/mol. The molecule has 1 heterocycles. The lowest BCUT2D eigenvalue weighted by molar-refractivity contribution is -0.138. The lowest BCUT2D eigenvalue weighted by atomic mass is 10.1. The first-order valence-electron chi connectivity index (χ1n) is 9.22. The maximum Gasteiger partial charge on any atom is 0.303 e. The molecule has 0 aliphatic heterocycles. The minimum atomic E-state index is -1.03. The van der Waals surface area contributed by atoms with Gasteiger partial charge in [0.05, 0.1) is 31.2 Å². The summed E-state index contributed by atoms with van der Waals surface area (Å²) < 4.78 is 10.5. The highest BCUT2D eigenvalue weighted by atomic mass is 32.1. The highest BCUT2D eigenvalue weighted by Crippen LogP contribution is 2.39. The zero-order valence-electron chi connectivity index (χ0n) is 16.6. The number of hydrogen-bond donors (Lipinski definition) is 2. The van der Waals surface area contributed by atoms with Crippen molar-refractivity contribution in [2.45, 2.75) is 18.9 Å². The van der Waals surface area contributed by atoms with E-state index < -0.39 is 12.0 Å². The highest BCUT2D eigenvalue weighted by molar-refractivity contribution is 7.15. The number of aliphatic carboxylic acids is 1. The van der Waals surface area contributed by atoms with E-state index >= 15 is 0 Å². The number of nitrogens with zero attached hydrogens (tertiary/aromatic N) is 1. The average molecular weight is 426 g/mol. The molecule has 156 valence electrons. The lowest BCUT2D eigenvalue weighted by Crippen LogP contribution is -2.21. The number of carboxylic acid groups (broad SMARTS) is 1. The van der Waals surface area contributed by atoms with E-state index in [0.717, 1.165) is 27.5 Å². The Hall–Kier alpha value is -3.23. The minimum absolute atomic E-state index is 0.133. The van der Waals surface area contributed by atoms with Crippen molar-refractivity contribution < 1.29 is 24.2 Å². The molecule has 3 N–H and O–H groups in total. The predicted octanol–water partition coefficient (Wildman–Crippen LogP) is 3.93. The van der Waals surface area contributed by atoms with Crippen LogP contribution < -0.4 is 15.2 Å². The van der Waals surface area contributed by atoms with Crippen LogP contribution in [0.5, 0.6) is 11.5 Å². The molecule has 8 heteroatoms. The maximum absolute atomic E-state index is 12.4. The van der Waals surface area contributed by atoms with Crippen molar-refractivity contribution in [2.75, 3.05) is 14.2 Å². The van der Waals surface area contributed by atoms with Crippen LogP contribution in [0.3, 0.4) is 0 Å². The van der Waals surface area contributed by atoms with E-state index in [1.165, 1.54) is 11.3 Å². The summed E-state index contributed by atoms with van der Waals surface area (Å²) in [4.78, 5) is 28.6. The van der Waals surface area contributed by atoms with Gasteiger partial charge in [0, 0.05) is 12.0 Å². The van der Waals surface area contributed by atoms with Crippen LogP contribution in [0.15, 0.2) is 48.5 Å². The van der Waals surface area contributed by atoms with Crippen LogP contribution in [0, 0.1) is 0 Å². The Balaban J connectivity index is 2.01. The fourth-order valence-corrected chi connectivity index (χ4v) is 3.99. The standard InChI is InChI=1S/C22H22N2O5S/c1-28-15-7-3-13(4-8-15)20-21(14-5-9-16(29-2)10-6-14)30-22(24-20)19(23)17(25)11-12-18(26)27/h3-10,19H,11-12,23H2,1-2H3,(H,26,27). The van der Waals surface area contributed by atoms with Gasteiger partial charge in [0.25, 0.3) is 0 Å². The van der Waals surface area contributed by atoms with Gasteiger partial charge in [0.15, 0.2) is 5.78 Å². The number of thiazole rings is 1. The number of methoxy groups -OCH3 is 2. The Bertz CT molecular complexity index is 964. The molecule has 2 aromatic carbocycles. The zero-order chi connectivity index (χ0) is 21.7. The van der Waals surface area contributed by atoms with Crippen molar-refractivity contribution in [3.63, 3.8) is 0 Å². The first-order chi connectivity index (χ1) is 14.4. The molecule has 30 heavy (non-hydrogen) atoms. The molecule has 3 aromatic rings. The molecule has 0 amide bonds. The van der Waals surface area contributed by atoms with Gasteiger partial charge in [0.2, 0.25) is 0 Å². The highest BCUT2D eigenvalue weighted by Gasteiger charge is 2.24. The quantitative estimate of drug-likeness (QED) is 0.533. The maximum atomic E-state index is 12.4. The topological polar surface area (TPSA) is 112 Å². The number of rotatable bonds is 9. The number of Topliss-reactive ketones (excluding diaryl/α,β-unsaturated/α-hetero) is 1. The van der Waals surface area contributed by atoms with E-state index in [1.807, 2.05) is 48.5 Å². The number of hydrogen-bond acceptors (Lipinski definition) is 7.